The maximum atomic E-state index is 11.7. The molecule has 0 aliphatic carbocycles. The number of likely N-dealkylation sites (tertiary alicyclic amines) is 1. The smallest absolute Gasteiger partial charge is 0.409 e. The van der Waals surface area contributed by atoms with Crippen LogP contribution in [0.15, 0.2) is 0 Å². The van der Waals surface area contributed by atoms with Crippen molar-refractivity contribution in [3.05, 3.63) is 0 Å². The Morgan fingerprint density at radius 1 is 1.25 bits per heavy atom. The summed E-state index contributed by atoms with van der Waals surface area (Å²) >= 11 is 0. The summed E-state index contributed by atoms with van der Waals surface area (Å²) in [5.74, 6) is 0.784. The molecule has 0 spiro atoms. The topological polar surface area (TPSA) is 41.6 Å². The van der Waals surface area contributed by atoms with Crippen LogP contribution in [0.5, 0.6) is 0 Å². The monoisotopic (exact) mass is 284 g/mol. The first-order valence-corrected chi connectivity index (χ1v) is 8.28. The summed E-state index contributed by atoms with van der Waals surface area (Å²) in [6, 6.07) is 1.17. The van der Waals surface area contributed by atoms with Crippen molar-refractivity contribution in [2.45, 2.75) is 71.9 Å². The van der Waals surface area contributed by atoms with E-state index >= 15 is 0 Å². The number of amides is 1. The minimum absolute atomic E-state index is 0.155. The van der Waals surface area contributed by atoms with Crippen molar-refractivity contribution in [2.24, 2.45) is 5.92 Å². The SMILES string of the molecule is CCOC(=O)N1CCC(NC(CC)CC(C)CC)CC1. The van der Waals surface area contributed by atoms with Gasteiger partial charge in [-0.2, -0.15) is 0 Å². The van der Waals surface area contributed by atoms with Gasteiger partial charge in [0, 0.05) is 25.2 Å². The number of ether oxygens (including phenoxy) is 1. The molecule has 1 fully saturated rings. The van der Waals surface area contributed by atoms with Crippen LogP contribution < -0.4 is 5.32 Å². The van der Waals surface area contributed by atoms with Crippen LogP contribution >= 0.6 is 0 Å². The standard InChI is InChI=1S/C16H32N2O2/c1-5-13(4)12-14(6-2)17-15-8-10-18(11-9-15)16(19)20-7-3/h13-15,17H,5-12H2,1-4H3. The van der Waals surface area contributed by atoms with Crippen LogP contribution in [0.1, 0.15) is 59.8 Å². The van der Waals surface area contributed by atoms with Gasteiger partial charge in [0.1, 0.15) is 0 Å². The van der Waals surface area contributed by atoms with Crippen LogP contribution in [-0.2, 0) is 4.74 Å². The third-order valence-electron chi connectivity index (χ3n) is 4.37. The van der Waals surface area contributed by atoms with Crippen molar-refractivity contribution in [2.75, 3.05) is 19.7 Å². The Morgan fingerprint density at radius 3 is 2.40 bits per heavy atom. The highest BCUT2D eigenvalue weighted by Gasteiger charge is 2.25. The first-order valence-electron chi connectivity index (χ1n) is 8.28. The summed E-state index contributed by atoms with van der Waals surface area (Å²) in [4.78, 5) is 13.5. The average Bonchev–Trinajstić information content (AvgIpc) is 2.47. The minimum Gasteiger partial charge on any atom is -0.450 e. The van der Waals surface area contributed by atoms with Crippen LogP contribution in [-0.4, -0.2) is 42.8 Å². The van der Waals surface area contributed by atoms with Crippen LogP contribution in [0.2, 0.25) is 0 Å². The number of nitrogens with one attached hydrogen (secondary N) is 1. The molecule has 0 saturated carbocycles. The Labute approximate surface area is 124 Å². The molecule has 4 nitrogen and oxygen atoms in total. The molecular formula is C16H32N2O2. The fraction of sp³-hybridized carbons (Fsp3) is 0.938. The zero-order valence-corrected chi connectivity index (χ0v) is 13.7. The predicted octanol–water partition coefficient (Wildman–Crippen LogP) is 3.41. The number of hydrogen-bond acceptors (Lipinski definition) is 3. The number of rotatable bonds is 7. The molecule has 1 N–H and O–H groups in total. The third-order valence-corrected chi connectivity index (χ3v) is 4.37. The highest BCUT2D eigenvalue weighted by atomic mass is 16.6. The summed E-state index contributed by atoms with van der Waals surface area (Å²) in [6.45, 7) is 10.8. The number of piperidine rings is 1. The van der Waals surface area contributed by atoms with Crippen molar-refractivity contribution < 1.29 is 9.53 Å². The maximum Gasteiger partial charge on any atom is 0.409 e. The number of carbonyl (C=O) groups excluding carboxylic acids is 1. The lowest BCUT2D eigenvalue weighted by Crippen LogP contribution is -2.48. The second kappa shape index (κ2) is 9.22. The van der Waals surface area contributed by atoms with E-state index in [1.165, 1.54) is 19.3 Å². The summed E-state index contributed by atoms with van der Waals surface area (Å²) in [5, 5.41) is 3.78. The lowest BCUT2D eigenvalue weighted by Gasteiger charge is -2.34. The van der Waals surface area contributed by atoms with Crippen LogP contribution in [0.4, 0.5) is 4.79 Å². The molecule has 1 amide bonds. The van der Waals surface area contributed by atoms with Gasteiger partial charge in [0.15, 0.2) is 0 Å². The maximum absolute atomic E-state index is 11.7. The first kappa shape index (κ1) is 17.3. The molecule has 0 aromatic heterocycles. The van der Waals surface area contributed by atoms with Gasteiger partial charge in [-0.3, -0.25) is 0 Å². The highest BCUT2D eigenvalue weighted by Crippen LogP contribution is 2.16. The molecule has 1 aliphatic heterocycles. The van der Waals surface area contributed by atoms with E-state index in [9.17, 15) is 4.79 Å². The molecule has 0 aromatic rings. The van der Waals surface area contributed by atoms with Crippen molar-refractivity contribution in [1.29, 1.82) is 0 Å². The van der Waals surface area contributed by atoms with E-state index in [0.29, 0.717) is 18.7 Å². The second-order valence-electron chi connectivity index (χ2n) is 5.98. The largest absolute Gasteiger partial charge is 0.450 e. The van der Waals surface area contributed by atoms with E-state index in [1.54, 1.807) is 0 Å². The normalized spacial score (nSPS) is 19.7. The molecule has 1 rings (SSSR count). The van der Waals surface area contributed by atoms with Crippen LogP contribution in [0.3, 0.4) is 0 Å². The first-order chi connectivity index (χ1) is 9.60. The van der Waals surface area contributed by atoms with Gasteiger partial charge in [-0.1, -0.05) is 27.2 Å². The molecule has 2 unspecified atom stereocenters. The molecule has 1 saturated heterocycles. The molecule has 0 radical (unpaired) electrons. The summed E-state index contributed by atoms with van der Waals surface area (Å²) in [6.07, 6.45) is 5.61. The highest BCUT2D eigenvalue weighted by molar-refractivity contribution is 5.67. The molecule has 0 bridgehead atoms. The van der Waals surface area contributed by atoms with Crippen molar-refractivity contribution in [3.8, 4) is 0 Å². The number of hydrogen-bond donors (Lipinski definition) is 1. The Balaban J connectivity index is 2.31. The van der Waals surface area contributed by atoms with Crippen LogP contribution in [0, 0.1) is 5.92 Å². The van der Waals surface area contributed by atoms with Crippen molar-refractivity contribution in [1.82, 2.24) is 10.2 Å². The van der Waals surface area contributed by atoms with Gasteiger partial charge in [-0.05, 0) is 38.5 Å². The third kappa shape index (κ3) is 5.70. The summed E-state index contributed by atoms with van der Waals surface area (Å²) in [5.41, 5.74) is 0. The van der Waals surface area contributed by atoms with Crippen molar-refractivity contribution >= 4 is 6.09 Å². The molecular weight excluding hydrogens is 252 g/mol. The Morgan fingerprint density at radius 2 is 1.90 bits per heavy atom. The molecule has 2 atom stereocenters. The van der Waals surface area contributed by atoms with Gasteiger partial charge in [-0.15, -0.1) is 0 Å². The van der Waals surface area contributed by atoms with Gasteiger partial charge in [-0.25, -0.2) is 4.79 Å². The van der Waals surface area contributed by atoms with E-state index in [-0.39, 0.29) is 6.09 Å². The zero-order chi connectivity index (χ0) is 15.0. The fourth-order valence-corrected chi connectivity index (χ4v) is 2.78. The average molecular weight is 284 g/mol. The molecule has 1 heterocycles. The molecule has 0 aromatic carbocycles. The van der Waals surface area contributed by atoms with E-state index in [4.69, 9.17) is 4.74 Å². The van der Waals surface area contributed by atoms with E-state index < -0.39 is 0 Å². The molecule has 4 heteroatoms. The second-order valence-corrected chi connectivity index (χ2v) is 5.98. The number of carbonyl (C=O) groups is 1. The molecule has 20 heavy (non-hydrogen) atoms. The lowest BCUT2D eigenvalue weighted by atomic mass is 9.95. The van der Waals surface area contributed by atoms with E-state index in [2.05, 4.69) is 26.1 Å². The fourth-order valence-electron chi connectivity index (χ4n) is 2.78. The van der Waals surface area contributed by atoms with Gasteiger partial charge < -0.3 is 15.0 Å². The van der Waals surface area contributed by atoms with Crippen LogP contribution in [0.25, 0.3) is 0 Å². The zero-order valence-electron chi connectivity index (χ0n) is 13.7. The lowest BCUT2D eigenvalue weighted by molar-refractivity contribution is 0.0938. The molecule has 1 aliphatic rings. The van der Waals surface area contributed by atoms with Gasteiger partial charge in [0.25, 0.3) is 0 Å². The minimum atomic E-state index is -0.155. The summed E-state index contributed by atoms with van der Waals surface area (Å²) < 4.78 is 5.05. The Hall–Kier alpha value is -0.770. The Bertz CT molecular complexity index is 276. The van der Waals surface area contributed by atoms with E-state index in [1.807, 2.05) is 11.8 Å². The number of nitrogens with zero attached hydrogens (tertiary/aromatic N) is 1. The van der Waals surface area contributed by atoms with Gasteiger partial charge in [0.2, 0.25) is 0 Å². The molecule has 118 valence electrons. The van der Waals surface area contributed by atoms with Gasteiger partial charge >= 0.3 is 6.09 Å². The summed E-state index contributed by atoms with van der Waals surface area (Å²) in [7, 11) is 0. The quantitative estimate of drug-likeness (QED) is 0.779. The van der Waals surface area contributed by atoms with E-state index in [0.717, 1.165) is 31.8 Å². The van der Waals surface area contributed by atoms with Gasteiger partial charge in [0.05, 0.1) is 6.61 Å². The predicted molar refractivity (Wildman–Crippen MR) is 82.9 cm³/mol. The Kier molecular flexibility index (Phi) is 7.97. The van der Waals surface area contributed by atoms with Crippen molar-refractivity contribution in [3.63, 3.8) is 0 Å².